The minimum absolute atomic E-state index is 0.891. The van der Waals surface area contributed by atoms with Crippen molar-refractivity contribution in [1.82, 2.24) is 25.0 Å². The fourth-order valence-corrected chi connectivity index (χ4v) is 1.58. The van der Waals surface area contributed by atoms with Crippen molar-refractivity contribution >= 4 is 15.9 Å². The largest absolute Gasteiger partial charge is 0.253 e. The normalized spacial score (nSPS) is 10.6. The molecule has 0 unspecified atom stereocenters. The van der Waals surface area contributed by atoms with Crippen LogP contribution in [0.1, 0.15) is 18.7 Å². The van der Waals surface area contributed by atoms with Crippen molar-refractivity contribution in [2.24, 2.45) is 0 Å². The summed E-state index contributed by atoms with van der Waals surface area (Å²) < 4.78 is 2.75. The molecule has 0 aliphatic heterocycles. The fraction of sp³-hybridized carbons (Fsp3) is 0.400. The van der Waals surface area contributed by atoms with E-state index in [1.165, 1.54) is 0 Å². The van der Waals surface area contributed by atoms with E-state index >= 15 is 0 Å². The lowest BCUT2D eigenvalue weighted by Gasteiger charge is -2.00. The van der Waals surface area contributed by atoms with Crippen LogP contribution >= 0.6 is 15.9 Å². The highest BCUT2D eigenvalue weighted by atomic mass is 79.9. The summed E-state index contributed by atoms with van der Waals surface area (Å²) in [7, 11) is 0. The van der Waals surface area contributed by atoms with Crippen LogP contribution in [0.15, 0.2) is 29.3 Å². The third kappa shape index (κ3) is 3.37. The molecule has 5 nitrogen and oxygen atoms in total. The Labute approximate surface area is 102 Å². The van der Waals surface area contributed by atoms with Crippen molar-refractivity contribution in [2.75, 3.05) is 0 Å². The predicted octanol–water partition coefficient (Wildman–Crippen LogP) is 1.85. The standard InChI is InChI=1S/C10H12BrN5/c11-9-7-12-10(13-8-9)3-1-2-5-16-6-4-14-15-16/h4,6-8H,1-3,5H2. The summed E-state index contributed by atoms with van der Waals surface area (Å²) in [6, 6.07) is 0. The van der Waals surface area contributed by atoms with Gasteiger partial charge in [-0.05, 0) is 28.8 Å². The van der Waals surface area contributed by atoms with Crippen LogP contribution in [0, 0.1) is 0 Å². The summed E-state index contributed by atoms with van der Waals surface area (Å²) in [5, 5.41) is 7.65. The monoisotopic (exact) mass is 281 g/mol. The van der Waals surface area contributed by atoms with Crippen molar-refractivity contribution in [3.05, 3.63) is 35.1 Å². The van der Waals surface area contributed by atoms with Gasteiger partial charge < -0.3 is 0 Å². The lowest BCUT2D eigenvalue weighted by atomic mass is 10.2. The number of unbranched alkanes of at least 4 members (excludes halogenated alkanes) is 1. The number of aryl methyl sites for hydroxylation is 2. The van der Waals surface area contributed by atoms with E-state index in [2.05, 4.69) is 36.2 Å². The van der Waals surface area contributed by atoms with Crippen LogP contribution in [0.3, 0.4) is 0 Å². The number of aromatic nitrogens is 5. The molecule has 0 saturated heterocycles. The SMILES string of the molecule is Brc1cnc(CCCCn2ccnn2)nc1. The first-order valence-corrected chi connectivity index (χ1v) is 5.94. The Hall–Kier alpha value is -1.30. The van der Waals surface area contributed by atoms with Gasteiger partial charge in [0.1, 0.15) is 5.82 Å². The summed E-state index contributed by atoms with van der Waals surface area (Å²) in [6.07, 6.45) is 10.1. The second-order valence-electron chi connectivity index (χ2n) is 3.44. The van der Waals surface area contributed by atoms with Gasteiger partial charge in [0, 0.05) is 31.6 Å². The minimum atomic E-state index is 0.891. The van der Waals surface area contributed by atoms with E-state index in [1.807, 2.05) is 10.9 Å². The summed E-state index contributed by atoms with van der Waals surface area (Å²) in [5.74, 6) is 0.891. The molecule has 0 aromatic carbocycles. The van der Waals surface area contributed by atoms with Crippen molar-refractivity contribution in [3.8, 4) is 0 Å². The van der Waals surface area contributed by atoms with E-state index in [4.69, 9.17) is 0 Å². The molecule has 6 heteroatoms. The van der Waals surface area contributed by atoms with Crippen LogP contribution in [0.5, 0.6) is 0 Å². The van der Waals surface area contributed by atoms with E-state index in [1.54, 1.807) is 18.6 Å². The van der Waals surface area contributed by atoms with Crippen LogP contribution in [0.2, 0.25) is 0 Å². The van der Waals surface area contributed by atoms with E-state index in [0.717, 1.165) is 36.1 Å². The Balaban J connectivity index is 1.70. The number of halogens is 1. The molecular formula is C10H12BrN5. The maximum atomic E-state index is 4.22. The molecule has 16 heavy (non-hydrogen) atoms. The van der Waals surface area contributed by atoms with Gasteiger partial charge in [0.05, 0.1) is 10.7 Å². The fourth-order valence-electron chi connectivity index (χ4n) is 1.38. The number of hydrogen-bond donors (Lipinski definition) is 0. The third-order valence-corrected chi connectivity index (χ3v) is 2.59. The highest BCUT2D eigenvalue weighted by Gasteiger charge is 1.97. The molecule has 2 rings (SSSR count). The predicted molar refractivity (Wildman–Crippen MR) is 62.7 cm³/mol. The highest BCUT2D eigenvalue weighted by Crippen LogP contribution is 2.06. The summed E-state index contributed by atoms with van der Waals surface area (Å²) in [5.41, 5.74) is 0. The zero-order valence-electron chi connectivity index (χ0n) is 8.75. The highest BCUT2D eigenvalue weighted by molar-refractivity contribution is 9.10. The lowest BCUT2D eigenvalue weighted by Crippen LogP contribution is -2.00. The van der Waals surface area contributed by atoms with Crippen molar-refractivity contribution in [2.45, 2.75) is 25.8 Å². The number of nitrogens with zero attached hydrogens (tertiary/aromatic N) is 5. The average molecular weight is 282 g/mol. The molecule has 0 saturated carbocycles. The second-order valence-corrected chi connectivity index (χ2v) is 4.36. The molecule has 84 valence electrons. The first-order valence-electron chi connectivity index (χ1n) is 5.15. The summed E-state index contributed by atoms with van der Waals surface area (Å²) in [4.78, 5) is 8.44. The molecular weight excluding hydrogens is 270 g/mol. The van der Waals surface area contributed by atoms with Crippen LogP contribution < -0.4 is 0 Å². The van der Waals surface area contributed by atoms with Crippen molar-refractivity contribution in [3.63, 3.8) is 0 Å². The lowest BCUT2D eigenvalue weighted by molar-refractivity contribution is 0.537. The number of rotatable bonds is 5. The molecule has 0 atom stereocenters. The third-order valence-electron chi connectivity index (χ3n) is 2.18. The van der Waals surface area contributed by atoms with Gasteiger partial charge in [-0.3, -0.25) is 4.68 Å². The Bertz CT molecular complexity index is 411. The zero-order valence-corrected chi connectivity index (χ0v) is 10.3. The molecule has 0 N–H and O–H groups in total. The Morgan fingerprint density at radius 2 is 2.00 bits per heavy atom. The van der Waals surface area contributed by atoms with Crippen molar-refractivity contribution < 1.29 is 0 Å². The maximum Gasteiger partial charge on any atom is 0.128 e. The quantitative estimate of drug-likeness (QED) is 0.785. The van der Waals surface area contributed by atoms with Crippen LogP contribution in [-0.2, 0) is 13.0 Å². The first kappa shape index (κ1) is 11.2. The molecule has 2 aromatic heterocycles. The molecule has 0 spiro atoms. The van der Waals surface area contributed by atoms with Gasteiger partial charge >= 0.3 is 0 Å². The number of hydrogen-bond acceptors (Lipinski definition) is 4. The van der Waals surface area contributed by atoms with Gasteiger partial charge in [-0.25, -0.2) is 9.97 Å². The summed E-state index contributed by atoms with van der Waals surface area (Å²) in [6.45, 7) is 0.899. The zero-order chi connectivity index (χ0) is 11.2. The molecule has 0 aliphatic rings. The van der Waals surface area contributed by atoms with Gasteiger partial charge in [0.15, 0.2) is 0 Å². The molecule has 0 bridgehead atoms. The van der Waals surface area contributed by atoms with Crippen LogP contribution in [-0.4, -0.2) is 25.0 Å². The molecule has 0 aliphatic carbocycles. The van der Waals surface area contributed by atoms with E-state index in [-0.39, 0.29) is 0 Å². The molecule has 0 fully saturated rings. The Morgan fingerprint density at radius 1 is 1.19 bits per heavy atom. The van der Waals surface area contributed by atoms with Gasteiger partial charge in [0.2, 0.25) is 0 Å². The molecule has 2 heterocycles. The van der Waals surface area contributed by atoms with Gasteiger partial charge in [-0.1, -0.05) is 5.21 Å². The van der Waals surface area contributed by atoms with Crippen molar-refractivity contribution in [1.29, 1.82) is 0 Å². The molecule has 2 aromatic rings. The minimum Gasteiger partial charge on any atom is -0.253 e. The van der Waals surface area contributed by atoms with E-state index in [9.17, 15) is 0 Å². The van der Waals surface area contributed by atoms with E-state index in [0.29, 0.717) is 0 Å². The Kier molecular flexibility index (Phi) is 3.98. The van der Waals surface area contributed by atoms with Gasteiger partial charge in [-0.15, -0.1) is 5.10 Å². The maximum absolute atomic E-state index is 4.22. The van der Waals surface area contributed by atoms with Gasteiger partial charge in [0.25, 0.3) is 0 Å². The Morgan fingerprint density at radius 3 is 2.69 bits per heavy atom. The molecule has 0 radical (unpaired) electrons. The van der Waals surface area contributed by atoms with Gasteiger partial charge in [-0.2, -0.15) is 0 Å². The smallest absolute Gasteiger partial charge is 0.128 e. The second kappa shape index (κ2) is 5.69. The van der Waals surface area contributed by atoms with Crippen LogP contribution in [0.25, 0.3) is 0 Å². The average Bonchev–Trinajstić information content (AvgIpc) is 2.80. The molecule has 0 amide bonds. The summed E-state index contributed by atoms with van der Waals surface area (Å²) >= 11 is 3.31. The first-order chi connectivity index (χ1) is 7.84. The van der Waals surface area contributed by atoms with E-state index < -0.39 is 0 Å². The topological polar surface area (TPSA) is 56.5 Å². The van der Waals surface area contributed by atoms with Crippen LogP contribution in [0.4, 0.5) is 0 Å².